The van der Waals surface area contributed by atoms with Crippen LogP contribution in [0.3, 0.4) is 0 Å². The molecule has 1 rings (SSSR count). The van der Waals surface area contributed by atoms with Gasteiger partial charge in [-0.1, -0.05) is 0 Å². The predicted molar refractivity (Wildman–Crippen MR) is 40.1 cm³/mol. The van der Waals surface area contributed by atoms with Crippen LogP contribution in [-0.2, 0) is 4.79 Å². The summed E-state index contributed by atoms with van der Waals surface area (Å²) in [6.45, 7) is 1.38. The molecule has 1 fully saturated rings. The minimum absolute atomic E-state index is 0.0150. The summed E-state index contributed by atoms with van der Waals surface area (Å²) in [6.07, 6.45) is 1.21. The van der Waals surface area contributed by atoms with E-state index in [1.807, 2.05) is 0 Å². The van der Waals surface area contributed by atoms with Crippen molar-refractivity contribution in [3.8, 4) is 0 Å². The van der Waals surface area contributed by atoms with Crippen LogP contribution in [0.25, 0.3) is 0 Å². The molecule has 64 valence electrons. The van der Waals surface area contributed by atoms with E-state index in [1.54, 1.807) is 6.92 Å². The van der Waals surface area contributed by atoms with Crippen molar-refractivity contribution in [1.29, 1.82) is 0 Å². The molecule has 0 saturated heterocycles. The third-order valence-electron chi connectivity index (χ3n) is 2.58. The van der Waals surface area contributed by atoms with Gasteiger partial charge in [0.25, 0.3) is 0 Å². The number of aliphatic hydroxyl groups excluding tert-OH is 2. The fourth-order valence-electron chi connectivity index (χ4n) is 1.44. The van der Waals surface area contributed by atoms with E-state index in [2.05, 4.69) is 0 Å². The van der Waals surface area contributed by atoms with Crippen LogP contribution in [0.15, 0.2) is 0 Å². The lowest BCUT2D eigenvalue weighted by Crippen LogP contribution is -2.45. The van der Waals surface area contributed by atoms with Crippen molar-refractivity contribution in [3.05, 3.63) is 0 Å². The van der Waals surface area contributed by atoms with Gasteiger partial charge in [-0.2, -0.15) is 0 Å². The van der Waals surface area contributed by atoms with Crippen molar-refractivity contribution in [1.82, 2.24) is 0 Å². The summed E-state index contributed by atoms with van der Waals surface area (Å²) in [5.41, 5.74) is -0.891. The van der Waals surface area contributed by atoms with Gasteiger partial charge in [-0.05, 0) is 19.8 Å². The van der Waals surface area contributed by atoms with E-state index >= 15 is 0 Å². The van der Waals surface area contributed by atoms with E-state index in [9.17, 15) is 9.90 Å². The molecular formula is C8H14O3. The molecule has 1 aliphatic carbocycles. The van der Waals surface area contributed by atoms with Gasteiger partial charge in [0.05, 0.1) is 18.1 Å². The summed E-state index contributed by atoms with van der Waals surface area (Å²) in [4.78, 5) is 11.2. The van der Waals surface area contributed by atoms with Crippen LogP contribution in [0.5, 0.6) is 0 Å². The van der Waals surface area contributed by atoms with Crippen molar-refractivity contribution in [2.75, 3.05) is 6.61 Å². The average molecular weight is 158 g/mol. The molecule has 3 nitrogen and oxygen atoms in total. The summed E-state index contributed by atoms with van der Waals surface area (Å²) in [7, 11) is 0. The van der Waals surface area contributed by atoms with Gasteiger partial charge in [0.2, 0.25) is 0 Å². The lowest BCUT2D eigenvalue weighted by molar-refractivity contribution is -0.142. The first-order chi connectivity index (χ1) is 5.11. The molecule has 0 radical (unpaired) electrons. The Morgan fingerprint density at radius 1 is 1.73 bits per heavy atom. The molecule has 2 atom stereocenters. The summed E-state index contributed by atoms with van der Waals surface area (Å²) in [5, 5.41) is 18.3. The van der Waals surface area contributed by atoms with Gasteiger partial charge in [0.15, 0.2) is 0 Å². The van der Waals surface area contributed by atoms with Gasteiger partial charge >= 0.3 is 0 Å². The molecule has 0 aliphatic heterocycles. The number of Topliss-reactive ketones (excluding diaryl/α,β-unsaturated/α-hetero) is 1. The second-order valence-corrected chi connectivity index (χ2v) is 3.41. The maximum Gasteiger partial charge on any atom is 0.143 e. The van der Waals surface area contributed by atoms with Crippen molar-refractivity contribution in [2.24, 2.45) is 5.41 Å². The Morgan fingerprint density at radius 2 is 2.36 bits per heavy atom. The SMILES string of the molecule is C[C@]1(CO)C(=O)CCC[C@@H]1O. The van der Waals surface area contributed by atoms with Crippen molar-refractivity contribution in [2.45, 2.75) is 32.3 Å². The van der Waals surface area contributed by atoms with Gasteiger partial charge in [0, 0.05) is 6.42 Å². The van der Waals surface area contributed by atoms with E-state index < -0.39 is 11.5 Å². The van der Waals surface area contributed by atoms with Gasteiger partial charge in [0.1, 0.15) is 5.78 Å². The molecule has 0 unspecified atom stereocenters. The standard InChI is InChI=1S/C8H14O3/c1-8(5-9)6(10)3-2-4-7(8)11/h6,9-10H,2-5H2,1H3/t6-,8+/m0/s1. The highest BCUT2D eigenvalue weighted by atomic mass is 16.3. The molecule has 3 heteroatoms. The van der Waals surface area contributed by atoms with E-state index in [-0.39, 0.29) is 12.4 Å². The number of carbonyl (C=O) groups excluding carboxylic acids is 1. The summed E-state index contributed by atoms with van der Waals surface area (Å²) < 4.78 is 0. The first-order valence-electron chi connectivity index (χ1n) is 3.93. The molecule has 0 aromatic carbocycles. The topological polar surface area (TPSA) is 57.5 Å². The number of hydrogen-bond donors (Lipinski definition) is 2. The van der Waals surface area contributed by atoms with Gasteiger partial charge in [-0.3, -0.25) is 4.79 Å². The Bertz CT molecular complexity index is 167. The Kier molecular flexibility index (Phi) is 2.30. The van der Waals surface area contributed by atoms with Crippen LogP contribution in [0, 0.1) is 5.41 Å². The molecule has 0 heterocycles. The first kappa shape index (κ1) is 8.68. The fourth-order valence-corrected chi connectivity index (χ4v) is 1.44. The first-order valence-corrected chi connectivity index (χ1v) is 3.93. The largest absolute Gasteiger partial charge is 0.395 e. The molecule has 0 aromatic rings. The highest BCUT2D eigenvalue weighted by molar-refractivity contribution is 5.85. The molecule has 0 spiro atoms. The maximum absolute atomic E-state index is 11.2. The third kappa shape index (κ3) is 1.30. The second-order valence-electron chi connectivity index (χ2n) is 3.41. The van der Waals surface area contributed by atoms with Crippen molar-refractivity contribution in [3.63, 3.8) is 0 Å². The highest BCUT2D eigenvalue weighted by Gasteiger charge is 2.41. The molecule has 11 heavy (non-hydrogen) atoms. The van der Waals surface area contributed by atoms with E-state index in [4.69, 9.17) is 5.11 Å². The lowest BCUT2D eigenvalue weighted by atomic mass is 9.73. The van der Waals surface area contributed by atoms with Crippen LogP contribution >= 0.6 is 0 Å². The lowest BCUT2D eigenvalue weighted by Gasteiger charge is -2.34. The molecule has 1 aliphatic rings. The zero-order valence-corrected chi connectivity index (χ0v) is 6.71. The second kappa shape index (κ2) is 2.91. The minimum Gasteiger partial charge on any atom is -0.395 e. The van der Waals surface area contributed by atoms with E-state index in [1.165, 1.54) is 0 Å². The zero-order chi connectivity index (χ0) is 8.48. The molecule has 0 aromatic heterocycles. The van der Waals surface area contributed by atoms with Crippen LogP contribution in [0.1, 0.15) is 26.2 Å². The highest BCUT2D eigenvalue weighted by Crippen LogP contribution is 2.32. The predicted octanol–water partition coefficient (Wildman–Crippen LogP) is 0.0989. The van der Waals surface area contributed by atoms with Gasteiger partial charge < -0.3 is 10.2 Å². The van der Waals surface area contributed by atoms with Crippen LogP contribution in [-0.4, -0.2) is 28.7 Å². The number of aliphatic hydroxyl groups is 2. The van der Waals surface area contributed by atoms with Crippen LogP contribution in [0.2, 0.25) is 0 Å². The summed E-state index contributed by atoms with van der Waals surface area (Å²) >= 11 is 0. The smallest absolute Gasteiger partial charge is 0.143 e. The number of carbonyl (C=O) groups is 1. The Labute approximate surface area is 66.0 Å². The van der Waals surface area contributed by atoms with Crippen molar-refractivity contribution < 1.29 is 15.0 Å². The van der Waals surface area contributed by atoms with Gasteiger partial charge in [-0.15, -0.1) is 0 Å². The Balaban J connectivity index is 2.77. The monoisotopic (exact) mass is 158 g/mol. The number of ketones is 1. The summed E-state index contributed by atoms with van der Waals surface area (Å²) in [5.74, 6) is -0.0150. The zero-order valence-electron chi connectivity index (χ0n) is 6.71. The maximum atomic E-state index is 11.2. The Morgan fingerprint density at radius 3 is 2.73 bits per heavy atom. The number of hydrogen-bond acceptors (Lipinski definition) is 3. The minimum atomic E-state index is -0.891. The average Bonchev–Trinajstić information content (AvgIpc) is 2.00. The molecule has 0 bridgehead atoms. The molecule has 1 saturated carbocycles. The van der Waals surface area contributed by atoms with Crippen LogP contribution in [0.4, 0.5) is 0 Å². The van der Waals surface area contributed by atoms with Crippen LogP contribution < -0.4 is 0 Å². The fraction of sp³-hybridized carbons (Fsp3) is 0.875. The Hall–Kier alpha value is -0.410. The quantitative estimate of drug-likeness (QED) is 0.569. The van der Waals surface area contributed by atoms with Gasteiger partial charge in [-0.25, -0.2) is 0 Å². The van der Waals surface area contributed by atoms with E-state index in [0.717, 1.165) is 6.42 Å². The normalized spacial score (nSPS) is 39.2. The summed E-state index contributed by atoms with van der Waals surface area (Å²) in [6, 6.07) is 0. The molecule has 2 N–H and O–H groups in total. The molecule has 0 amide bonds. The van der Waals surface area contributed by atoms with Crippen molar-refractivity contribution >= 4 is 5.78 Å². The number of rotatable bonds is 1. The van der Waals surface area contributed by atoms with E-state index in [0.29, 0.717) is 12.8 Å². The molecular weight excluding hydrogens is 144 g/mol. The third-order valence-corrected chi connectivity index (χ3v) is 2.58.